The lowest BCUT2D eigenvalue weighted by Crippen LogP contribution is -2.05. The number of thiophene rings is 1. The van der Waals surface area contributed by atoms with Crippen molar-refractivity contribution >= 4 is 61.5 Å². The van der Waals surface area contributed by atoms with Crippen LogP contribution in [0.3, 0.4) is 0 Å². The molecule has 3 rings (SSSR count). The fourth-order valence-corrected chi connectivity index (χ4v) is 3.96. The van der Waals surface area contributed by atoms with Crippen LogP contribution in [0.15, 0.2) is 34.1 Å². The number of imidazole rings is 1. The molecule has 3 aromatic rings. The standard InChI is InChI=1S/C14H11BrCl2N2S/c1-8(16)14-18-11-3-2-9(17)6-12(11)19(14)7-13-10(15)4-5-20-13/h2-6,8H,7H2,1H3. The molecule has 0 bridgehead atoms. The van der Waals surface area contributed by atoms with Gasteiger partial charge in [0.1, 0.15) is 5.82 Å². The predicted molar refractivity (Wildman–Crippen MR) is 90.1 cm³/mol. The summed E-state index contributed by atoms with van der Waals surface area (Å²) in [7, 11) is 0. The Morgan fingerprint density at radius 3 is 2.85 bits per heavy atom. The average molecular weight is 390 g/mol. The second-order valence-electron chi connectivity index (χ2n) is 4.50. The van der Waals surface area contributed by atoms with Gasteiger partial charge in [0.25, 0.3) is 0 Å². The maximum atomic E-state index is 6.27. The van der Waals surface area contributed by atoms with Gasteiger partial charge in [-0.05, 0) is 52.5 Å². The number of halogens is 3. The van der Waals surface area contributed by atoms with Crippen LogP contribution in [0, 0.1) is 0 Å². The maximum Gasteiger partial charge on any atom is 0.128 e. The minimum absolute atomic E-state index is 0.153. The van der Waals surface area contributed by atoms with Gasteiger partial charge in [0.2, 0.25) is 0 Å². The number of aromatic nitrogens is 2. The molecule has 0 spiro atoms. The lowest BCUT2D eigenvalue weighted by molar-refractivity contribution is 0.749. The minimum atomic E-state index is -0.153. The van der Waals surface area contributed by atoms with Crippen LogP contribution in [0.1, 0.15) is 23.0 Å². The summed E-state index contributed by atoms with van der Waals surface area (Å²) in [6.45, 7) is 2.67. The number of rotatable bonds is 3. The third-order valence-electron chi connectivity index (χ3n) is 3.09. The predicted octanol–water partition coefficient (Wildman–Crippen LogP) is 5.86. The van der Waals surface area contributed by atoms with Crippen molar-refractivity contribution in [3.05, 3.63) is 49.8 Å². The van der Waals surface area contributed by atoms with E-state index in [2.05, 4.69) is 36.9 Å². The first-order valence-electron chi connectivity index (χ1n) is 6.08. The zero-order chi connectivity index (χ0) is 14.3. The van der Waals surface area contributed by atoms with Gasteiger partial charge >= 0.3 is 0 Å². The third-order valence-corrected chi connectivity index (χ3v) is 5.43. The van der Waals surface area contributed by atoms with Gasteiger partial charge < -0.3 is 4.57 Å². The Morgan fingerprint density at radius 1 is 1.40 bits per heavy atom. The molecule has 2 aromatic heterocycles. The van der Waals surface area contributed by atoms with Gasteiger partial charge in [-0.2, -0.15) is 0 Å². The van der Waals surface area contributed by atoms with Crippen molar-refractivity contribution in [3.8, 4) is 0 Å². The van der Waals surface area contributed by atoms with E-state index in [1.807, 2.05) is 25.1 Å². The zero-order valence-electron chi connectivity index (χ0n) is 10.6. The Morgan fingerprint density at radius 2 is 2.20 bits per heavy atom. The van der Waals surface area contributed by atoms with Crippen molar-refractivity contribution < 1.29 is 0 Å². The first kappa shape index (κ1) is 14.4. The normalized spacial score (nSPS) is 13.0. The van der Waals surface area contributed by atoms with E-state index in [1.165, 1.54) is 4.88 Å². The summed E-state index contributed by atoms with van der Waals surface area (Å²) in [5, 5.41) is 2.62. The topological polar surface area (TPSA) is 17.8 Å². The van der Waals surface area contributed by atoms with Crippen LogP contribution in [0.25, 0.3) is 11.0 Å². The zero-order valence-corrected chi connectivity index (χ0v) is 14.5. The van der Waals surface area contributed by atoms with Crippen LogP contribution in [0.4, 0.5) is 0 Å². The second kappa shape index (κ2) is 5.68. The Hall–Kier alpha value is -0.550. The smallest absolute Gasteiger partial charge is 0.128 e. The highest BCUT2D eigenvalue weighted by Crippen LogP contribution is 2.30. The molecule has 2 heterocycles. The summed E-state index contributed by atoms with van der Waals surface area (Å²) >= 11 is 17.7. The molecule has 1 unspecified atom stereocenters. The molecule has 0 fully saturated rings. The number of hydrogen-bond donors (Lipinski definition) is 0. The molecule has 0 saturated carbocycles. The molecule has 2 nitrogen and oxygen atoms in total. The SMILES string of the molecule is CC(Cl)c1nc2ccc(Cl)cc2n1Cc1sccc1Br. The fraction of sp³-hybridized carbons (Fsp3) is 0.214. The molecular formula is C14H11BrCl2N2S. The van der Waals surface area contributed by atoms with Gasteiger partial charge in [0.15, 0.2) is 0 Å². The summed E-state index contributed by atoms with van der Waals surface area (Å²) in [4.78, 5) is 5.86. The molecule has 0 radical (unpaired) electrons. The monoisotopic (exact) mass is 388 g/mol. The van der Waals surface area contributed by atoms with E-state index in [0.29, 0.717) is 5.02 Å². The molecule has 104 valence electrons. The average Bonchev–Trinajstić information content (AvgIpc) is 2.95. The van der Waals surface area contributed by atoms with Gasteiger partial charge in [-0.25, -0.2) is 4.98 Å². The Kier molecular flexibility index (Phi) is 4.09. The highest BCUT2D eigenvalue weighted by atomic mass is 79.9. The van der Waals surface area contributed by atoms with Crippen molar-refractivity contribution in [2.75, 3.05) is 0 Å². The van der Waals surface area contributed by atoms with Crippen LogP contribution >= 0.6 is 50.5 Å². The largest absolute Gasteiger partial charge is 0.321 e. The third kappa shape index (κ3) is 2.62. The molecule has 6 heteroatoms. The van der Waals surface area contributed by atoms with Crippen LogP contribution in [-0.2, 0) is 6.54 Å². The van der Waals surface area contributed by atoms with Gasteiger partial charge in [-0.1, -0.05) is 11.6 Å². The van der Waals surface area contributed by atoms with Crippen LogP contribution < -0.4 is 0 Å². The number of hydrogen-bond acceptors (Lipinski definition) is 2. The van der Waals surface area contributed by atoms with E-state index >= 15 is 0 Å². The van der Waals surface area contributed by atoms with Crippen LogP contribution in [-0.4, -0.2) is 9.55 Å². The molecular weight excluding hydrogens is 379 g/mol. The van der Waals surface area contributed by atoms with Gasteiger partial charge in [-0.3, -0.25) is 0 Å². The molecule has 0 N–H and O–H groups in total. The van der Waals surface area contributed by atoms with Gasteiger partial charge in [-0.15, -0.1) is 22.9 Å². The molecule has 1 atom stereocenters. The van der Waals surface area contributed by atoms with Gasteiger partial charge in [0, 0.05) is 14.4 Å². The summed E-state index contributed by atoms with van der Waals surface area (Å²) < 4.78 is 3.25. The lowest BCUT2D eigenvalue weighted by Gasteiger charge is -2.10. The van der Waals surface area contributed by atoms with Crippen molar-refractivity contribution in [2.24, 2.45) is 0 Å². The Labute approximate surface area is 139 Å². The highest BCUT2D eigenvalue weighted by molar-refractivity contribution is 9.10. The first-order valence-corrected chi connectivity index (χ1v) is 8.56. The number of benzene rings is 1. The highest BCUT2D eigenvalue weighted by Gasteiger charge is 2.16. The van der Waals surface area contributed by atoms with E-state index < -0.39 is 0 Å². The van der Waals surface area contributed by atoms with Crippen molar-refractivity contribution in [1.29, 1.82) is 0 Å². The summed E-state index contributed by atoms with van der Waals surface area (Å²) in [6.07, 6.45) is 0. The van der Waals surface area contributed by atoms with Crippen molar-refractivity contribution in [3.63, 3.8) is 0 Å². The molecule has 0 amide bonds. The number of nitrogens with zero attached hydrogens (tertiary/aromatic N) is 2. The van der Waals surface area contributed by atoms with E-state index in [-0.39, 0.29) is 5.38 Å². The Balaban J connectivity index is 2.18. The first-order chi connectivity index (χ1) is 9.56. The summed E-state index contributed by atoms with van der Waals surface area (Å²) in [5.74, 6) is 0.865. The number of fused-ring (bicyclic) bond motifs is 1. The van der Waals surface area contributed by atoms with E-state index in [4.69, 9.17) is 23.2 Å². The maximum absolute atomic E-state index is 6.27. The lowest BCUT2D eigenvalue weighted by atomic mass is 10.3. The van der Waals surface area contributed by atoms with Crippen molar-refractivity contribution in [2.45, 2.75) is 18.8 Å². The summed E-state index contributed by atoms with van der Waals surface area (Å²) in [5.41, 5.74) is 1.94. The molecule has 0 aliphatic heterocycles. The minimum Gasteiger partial charge on any atom is -0.321 e. The molecule has 0 saturated heterocycles. The van der Waals surface area contributed by atoms with Gasteiger partial charge in [0.05, 0.1) is 23.0 Å². The molecule has 1 aromatic carbocycles. The fourth-order valence-electron chi connectivity index (χ4n) is 2.17. The van der Waals surface area contributed by atoms with Crippen LogP contribution in [0.2, 0.25) is 5.02 Å². The molecule has 0 aliphatic carbocycles. The van der Waals surface area contributed by atoms with Crippen LogP contribution in [0.5, 0.6) is 0 Å². The van der Waals surface area contributed by atoms with E-state index in [1.54, 1.807) is 11.3 Å². The molecule has 0 aliphatic rings. The quantitative estimate of drug-likeness (QED) is 0.512. The van der Waals surface area contributed by atoms with E-state index in [0.717, 1.165) is 27.9 Å². The summed E-state index contributed by atoms with van der Waals surface area (Å²) in [6, 6.07) is 7.77. The second-order valence-corrected chi connectivity index (χ2v) is 7.44. The number of alkyl halides is 1. The molecule has 20 heavy (non-hydrogen) atoms. The van der Waals surface area contributed by atoms with Crippen molar-refractivity contribution in [1.82, 2.24) is 9.55 Å². The Bertz CT molecular complexity index is 764. The van der Waals surface area contributed by atoms with E-state index in [9.17, 15) is 0 Å².